The van der Waals surface area contributed by atoms with Gasteiger partial charge >= 0.3 is 0 Å². The molecule has 2 aromatic carbocycles. The summed E-state index contributed by atoms with van der Waals surface area (Å²) >= 11 is 5.98. The van der Waals surface area contributed by atoms with Gasteiger partial charge in [0.05, 0.1) is 6.10 Å². The van der Waals surface area contributed by atoms with Crippen LogP contribution in [-0.4, -0.2) is 30.8 Å². The first-order valence-electron chi connectivity index (χ1n) is 8.90. The van der Waals surface area contributed by atoms with Crippen LogP contribution < -0.4 is 10.6 Å². The number of halogens is 1. The second-order valence-electron chi connectivity index (χ2n) is 6.79. The van der Waals surface area contributed by atoms with E-state index < -0.39 is 6.10 Å². The van der Waals surface area contributed by atoms with E-state index in [0.29, 0.717) is 17.6 Å². The Labute approximate surface area is 156 Å². The third-order valence-corrected chi connectivity index (χ3v) is 4.73. The van der Waals surface area contributed by atoms with E-state index in [1.807, 2.05) is 31.3 Å². The van der Waals surface area contributed by atoms with Gasteiger partial charge in [-0.1, -0.05) is 48.0 Å². The van der Waals surface area contributed by atoms with Gasteiger partial charge in [-0.3, -0.25) is 0 Å². The Kier molecular flexibility index (Phi) is 7.91. The predicted molar refractivity (Wildman–Crippen MR) is 106 cm³/mol. The van der Waals surface area contributed by atoms with E-state index >= 15 is 0 Å². The monoisotopic (exact) mass is 360 g/mol. The fraction of sp³-hybridized carbons (Fsp3) is 0.429. The average molecular weight is 361 g/mol. The van der Waals surface area contributed by atoms with Crippen LogP contribution in [0.1, 0.15) is 36.6 Å². The summed E-state index contributed by atoms with van der Waals surface area (Å²) in [6.07, 6.45) is 1.42. The summed E-state index contributed by atoms with van der Waals surface area (Å²) in [6, 6.07) is 17.0. The van der Waals surface area contributed by atoms with Gasteiger partial charge in [0.2, 0.25) is 0 Å². The Balaban J connectivity index is 1.80. The lowest BCUT2D eigenvalue weighted by Crippen LogP contribution is -2.32. The molecule has 0 bridgehead atoms. The van der Waals surface area contributed by atoms with Gasteiger partial charge in [0.15, 0.2) is 0 Å². The van der Waals surface area contributed by atoms with Crippen LogP contribution >= 0.6 is 11.6 Å². The number of likely N-dealkylation sites (N-methyl/N-ethyl adjacent to an activating group) is 1. The second-order valence-corrected chi connectivity index (χ2v) is 7.23. The number of hydrogen-bond donors (Lipinski definition) is 3. The normalized spacial score (nSPS) is 14.9. The van der Waals surface area contributed by atoms with Crippen molar-refractivity contribution in [2.75, 3.05) is 13.6 Å². The number of rotatable bonds is 9. The summed E-state index contributed by atoms with van der Waals surface area (Å²) in [6.45, 7) is 4.84. The van der Waals surface area contributed by atoms with E-state index in [-0.39, 0.29) is 6.04 Å². The van der Waals surface area contributed by atoms with E-state index in [4.69, 9.17) is 11.6 Å². The van der Waals surface area contributed by atoms with Crippen molar-refractivity contribution >= 4 is 11.6 Å². The van der Waals surface area contributed by atoms with E-state index in [1.54, 1.807) is 0 Å². The molecule has 0 saturated carbocycles. The molecule has 136 valence electrons. The Morgan fingerprint density at radius 1 is 0.960 bits per heavy atom. The van der Waals surface area contributed by atoms with Crippen LogP contribution in [0.5, 0.6) is 0 Å². The highest BCUT2D eigenvalue weighted by molar-refractivity contribution is 6.30. The lowest BCUT2D eigenvalue weighted by atomic mass is 10.0. The van der Waals surface area contributed by atoms with Crippen molar-refractivity contribution < 1.29 is 5.11 Å². The van der Waals surface area contributed by atoms with Gasteiger partial charge in [0, 0.05) is 23.7 Å². The first-order valence-corrected chi connectivity index (χ1v) is 9.27. The van der Waals surface area contributed by atoms with E-state index in [9.17, 15) is 5.11 Å². The molecule has 3 atom stereocenters. The number of aliphatic hydroxyl groups excluding tert-OH is 1. The summed E-state index contributed by atoms with van der Waals surface area (Å²) < 4.78 is 0. The molecular formula is C21H29ClN2O. The van der Waals surface area contributed by atoms with Crippen LogP contribution in [0.4, 0.5) is 0 Å². The highest BCUT2D eigenvalue weighted by Crippen LogP contribution is 2.17. The van der Waals surface area contributed by atoms with Gasteiger partial charge < -0.3 is 15.7 Å². The first-order chi connectivity index (χ1) is 12.0. The van der Waals surface area contributed by atoms with Gasteiger partial charge in [0.25, 0.3) is 0 Å². The molecule has 0 radical (unpaired) electrons. The molecule has 0 heterocycles. The van der Waals surface area contributed by atoms with Crippen molar-refractivity contribution in [2.24, 2.45) is 0 Å². The summed E-state index contributed by atoms with van der Waals surface area (Å²) in [5.74, 6) is 0. The van der Waals surface area contributed by atoms with E-state index in [1.165, 1.54) is 11.1 Å². The zero-order valence-electron chi connectivity index (χ0n) is 15.3. The summed E-state index contributed by atoms with van der Waals surface area (Å²) in [5.41, 5.74) is 3.50. The molecule has 0 spiro atoms. The maximum Gasteiger partial charge on any atom is 0.0914 e. The number of nitrogens with one attached hydrogen (secondary N) is 2. The lowest BCUT2D eigenvalue weighted by Gasteiger charge is -2.18. The molecule has 2 aromatic rings. The smallest absolute Gasteiger partial charge is 0.0914 e. The summed E-state index contributed by atoms with van der Waals surface area (Å²) in [7, 11) is 1.99. The van der Waals surface area contributed by atoms with Crippen molar-refractivity contribution in [2.45, 2.75) is 44.9 Å². The Morgan fingerprint density at radius 2 is 1.56 bits per heavy atom. The number of hydrogen-bond acceptors (Lipinski definition) is 3. The average Bonchev–Trinajstić information content (AvgIpc) is 2.61. The van der Waals surface area contributed by atoms with Crippen LogP contribution in [0.25, 0.3) is 0 Å². The van der Waals surface area contributed by atoms with Crippen LogP contribution in [-0.2, 0) is 12.8 Å². The molecular weight excluding hydrogens is 332 g/mol. The molecule has 0 saturated heterocycles. The third-order valence-electron chi connectivity index (χ3n) is 4.49. The van der Waals surface area contributed by atoms with E-state index in [2.05, 4.69) is 48.7 Å². The van der Waals surface area contributed by atoms with Gasteiger partial charge in [-0.25, -0.2) is 0 Å². The SMILES string of the molecule is CNC(C)Cc1ccc(CC(C)NCC(O)c2cccc(Cl)c2)cc1. The third kappa shape index (κ3) is 6.79. The Hall–Kier alpha value is -1.39. The highest BCUT2D eigenvalue weighted by atomic mass is 35.5. The molecule has 3 unspecified atom stereocenters. The molecule has 4 heteroatoms. The predicted octanol–water partition coefficient (Wildman–Crippen LogP) is 3.74. The van der Waals surface area contributed by atoms with E-state index in [0.717, 1.165) is 18.4 Å². The van der Waals surface area contributed by atoms with Gasteiger partial charge in [-0.2, -0.15) is 0 Å². The minimum atomic E-state index is -0.549. The minimum Gasteiger partial charge on any atom is -0.387 e. The number of benzene rings is 2. The topological polar surface area (TPSA) is 44.3 Å². The molecule has 0 amide bonds. The van der Waals surface area contributed by atoms with Crippen molar-refractivity contribution in [1.29, 1.82) is 0 Å². The van der Waals surface area contributed by atoms with Gasteiger partial charge in [-0.15, -0.1) is 0 Å². The molecule has 2 rings (SSSR count). The fourth-order valence-electron chi connectivity index (χ4n) is 2.84. The Bertz CT molecular complexity index is 645. The maximum absolute atomic E-state index is 10.3. The summed E-state index contributed by atoms with van der Waals surface area (Å²) in [4.78, 5) is 0. The summed E-state index contributed by atoms with van der Waals surface area (Å²) in [5, 5.41) is 17.6. The fourth-order valence-corrected chi connectivity index (χ4v) is 3.04. The first kappa shape index (κ1) is 19.9. The van der Waals surface area contributed by atoms with Crippen LogP contribution in [0, 0.1) is 0 Å². The van der Waals surface area contributed by atoms with Gasteiger partial charge in [-0.05, 0) is 62.6 Å². The van der Waals surface area contributed by atoms with Crippen molar-refractivity contribution in [1.82, 2.24) is 10.6 Å². The van der Waals surface area contributed by atoms with Crippen LogP contribution in [0.15, 0.2) is 48.5 Å². The van der Waals surface area contributed by atoms with Crippen molar-refractivity contribution in [3.05, 3.63) is 70.2 Å². The lowest BCUT2D eigenvalue weighted by molar-refractivity contribution is 0.170. The maximum atomic E-state index is 10.3. The molecule has 0 aliphatic rings. The highest BCUT2D eigenvalue weighted by Gasteiger charge is 2.10. The molecule has 25 heavy (non-hydrogen) atoms. The molecule has 3 nitrogen and oxygen atoms in total. The zero-order valence-corrected chi connectivity index (χ0v) is 16.1. The largest absolute Gasteiger partial charge is 0.387 e. The second kappa shape index (κ2) is 9.93. The number of aliphatic hydroxyl groups is 1. The van der Waals surface area contributed by atoms with Crippen molar-refractivity contribution in [3.8, 4) is 0 Å². The zero-order chi connectivity index (χ0) is 18.2. The van der Waals surface area contributed by atoms with Crippen LogP contribution in [0.3, 0.4) is 0 Å². The molecule has 0 aliphatic heterocycles. The Morgan fingerprint density at radius 3 is 2.12 bits per heavy atom. The molecule has 0 aromatic heterocycles. The minimum absolute atomic E-state index is 0.288. The van der Waals surface area contributed by atoms with Crippen LogP contribution in [0.2, 0.25) is 5.02 Å². The van der Waals surface area contributed by atoms with Gasteiger partial charge in [0.1, 0.15) is 0 Å². The molecule has 0 aliphatic carbocycles. The quantitative estimate of drug-likeness (QED) is 0.638. The van der Waals surface area contributed by atoms with Crippen molar-refractivity contribution in [3.63, 3.8) is 0 Å². The standard InChI is InChI=1S/C21H29ClN2O/c1-15(23-3)11-17-7-9-18(10-8-17)12-16(2)24-14-21(25)19-5-4-6-20(22)13-19/h4-10,13,15-16,21,23-25H,11-12,14H2,1-3H3. The molecule has 0 fully saturated rings. The molecule has 3 N–H and O–H groups in total.